The minimum absolute atomic E-state index is 0.124. The third kappa shape index (κ3) is 3.78. The second-order valence-electron chi connectivity index (χ2n) is 6.22. The Hall–Kier alpha value is -2.50. The molecule has 2 rings (SSSR count). The molecule has 2 N–H and O–H groups in total. The van der Waals surface area contributed by atoms with Crippen LogP contribution < -0.4 is 11.0 Å². The van der Waals surface area contributed by atoms with E-state index in [4.69, 9.17) is 0 Å². The van der Waals surface area contributed by atoms with Gasteiger partial charge in [0.25, 0.3) is 5.56 Å². The lowest BCUT2D eigenvalue weighted by Gasteiger charge is -2.19. The van der Waals surface area contributed by atoms with Crippen molar-refractivity contribution in [2.45, 2.75) is 40.0 Å². The molecule has 116 valence electrons. The molecule has 0 saturated heterocycles. The standard InChI is InChI=1S/C16H21N5O/c1-10(12-6-8-13(9-7-12)16(3,4)5)18-20-15-17-14(22)11(2)19-21-15/h6-9H,1-5H3,(H2,17,20,21,22)/b18-10-. The Morgan fingerprint density at radius 2 is 1.82 bits per heavy atom. The Bertz CT molecular complexity index is 738. The van der Waals surface area contributed by atoms with Gasteiger partial charge >= 0.3 is 0 Å². The minimum Gasteiger partial charge on any atom is -0.288 e. The second-order valence-corrected chi connectivity index (χ2v) is 6.22. The van der Waals surface area contributed by atoms with E-state index in [0.29, 0.717) is 5.69 Å². The topological polar surface area (TPSA) is 83.0 Å². The number of hydrogen-bond acceptors (Lipinski definition) is 5. The molecule has 0 aliphatic heterocycles. The number of nitrogens with zero attached hydrogens (tertiary/aromatic N) is 3. The molecule has 1 aromatic heterocycles. The van der Waals surface area contributed by atoms with Crippen molar-refractivity contribution in [1.29, 1.82) is 0 Å². The zero-order chi connectivity index (χ0) is 16.3. The lowest BCUT2D eigenvalue weighted by Crippen LogP contribution is -2.16. The first kappa shape index (κ1) is 15.9. The summed E-state index contributed by atoms with van der Waals surface area (Å²) in [5.41, 5.74) is 5.95. The van der Waals surface area contributed by atoms with Crippen LogP contribution in [-0.4, -0.2) is 20.9 Å². The number of aromatic amines is 1. The molecule has 0 aliphatic rings. The molecule has 2 aromatic rings. The highest BCUT2D eigenvalue weighted by atomic mass is 16.1. The van der Waals surface area contributed by atoms with Gasteiger partial charge in [0.2, 0.25) is 5.95 Å². The summed E-state index contributed by atoms with van der Waals surface area (Å²) >= 11 is 0. The Labute approximate surface area is 129 Å². The third-order valence-electron chi connectivity index (χ3n) is 3.36. The lowest BCUT2D eigenvalue weighted by atomic mass is 9.86. The number of hydrazone groups is 1. The van der Waals surface area contributed by atoms with Gasteiger partial charge < -0.3 is 0 Å². The van der Waals surface area contributed by atoms with E-state index in [1.807, 2.05) is 19.1 Å². The number of aryl methyl sites for hydroxylation is 1. The molecule has 0 amide bonds. The van der Waals surface area contributed by atoms with E-state index in [0.717, 1.165) is 11.3 Å². The zero-order valence-electron chi connectivity index (χ0n) is 13.6. The SMILES string of the molecule is C/C(=N/Nc1nnc(C)c(=O)[nH]1)c1ccc(C(C)(C)C)cc1. The first-order valence-corrected chi connectivity index (χ1v) is 7.12. The predicted molar refractivity (Wildman–Crippen MR) is 88.4 cm³/mol. The lowest BCUT2D eigenvalue weighted by molar-refractivity contribution is 0.590. The number of aromatic nitrogens is 3. The quantitative estimate of drug-likeness (QED) is 0.674. The first-order valence-electron chi connectivity index (χ1n) is 7.12. The molecule has 0 atom stereocenters. The molecule has 0 spiro atoms. The van der Waals surface area contributed by atoms with Crippen LogP contribution in [0.2, 0.25) is 0 Å². The Balaban J connectivity index is 2.15. The van der Waals surface area contributed by atoms with Gasteiger partial charge in [-0.1, -0.05) is 45.0 Å². The molecular weight excluding hydrogens is 278 g/mol. The number of benzene rings is 1. The summed E-state index contributed by atoms with van der Waals surface area (Å²) in [6.07, 6.45) is 0. The molecule has 0 saturated carbocycles. The van der Waals surface area contributed by atoms with Gasteiger partial charge in [-0.25, -0.2) is 5.43 Å². The molecule has 0 radical (unpaired) electrons. The molecule has 22 heavy (non-hydrogen) atoms. The average Bonchev–Trinajstić information content (AvgIpc) is 2.47. The van der Waals surface area contributed by atoms with Crippen LogP contribution in [0.5, 0.6) is 0 Å². The summed E-state index contributed by atoms with van der Waals surface area (Å²) in [7, 11) is 0. The maximum Gasteiger partial charge on any atom is 0.274 e. The van der Waals surface area contributed by atoms with Crippen LogP contribution in [0.25, 0.3) is 0 Å². The van der Waals surface area contributed by atoms with E-state index in [9.17, 15) is 4.79 Å². The first-order chi connectivity index (χ1) is 10.3. The third-order valence-corrected chi connectivity index (χ3v) is 3.36. The van der Waals surface area contributed by atoms with Gasteiger partial charge in [0.15, 0.2) is 0 Å². The summed E-state index contributed by atoms with van der Waals surface area (Å²) in [6.45, 7) is 10.0. The number of anilines is 1. The molecule has 1 aromatic carbocycles. The van der Waals surface area contributed by atoms with E-state index in [1.165, 1.54) is 5.56 Å². The van der Waals surface area contributed by atoms with Crippen molar-refractivity contribution in [1.82, 2.24) is 15.2 Å². The smallest absolute Gasteiger partial charge is 0.274 e. The maximum absolute atomic E-state index is 11.4. The number of hydrogen-bond donors (Lipinski definition) is 2. The fourth-order valence-corrected chi connectivity index (χ4v) is 1.86. The van der Waals surface area contributed by atoms with Crippen molar-refractivity contribution in [2.75, 3.05) is 5.43 Å². The van der Waals surface area contributed by atoms with Crippen LogP contribution in [0.1, 0.15) is 44.5 Å². The Kier molecular flexibility index (Phi) is 4.40. The van der Waals surface area contributed by atoms with E-state index < -0.39 is 0 Å². The van der Waals surface area contributed by atoms with Gasteiger partial charge in [-0.05, 0) is 30.4 Å². The summed E-state index contributed by atoms with van der Waals surface area (Å²) in [6, 6.07) is 8.26. The van der Waals surface area contributed by atoms with Crippen LogP contribution in [0.15, 0.2) is 34.2 Å². The van der Waals surface area contributed by atoms with Crippen molar-refractivity contribution < 1.29 is 0 Å². The summed E-state index contributed by atoms with van der Waals surface area (Å²) in [4.78, 5) is 14.0. The highest BCUT2D eigenvalue weighted by molar-refractivity contribution is 5.99. The van der Waals surface area contributed by atoms with Gasteiger partial charge in [-0.2, -0.15) is 5.10 Å². The van der Waals surface area contributed by atoms with Crippen molar-refractivity contribution in [3.05, 3.63) is 51.4 Å². The van der Waals surface area contributed by atoms with Gasteiger partial charge in [0, 0.05) is 0 Å². The fraction of sp³-hybridized carbons (Fsp3) is 0.375. The monoisotopic (exact) mass is 299 g/mol. The van der Waals surface area contributed by atoms with E-state index in [1.54, 1.807) is 6.92 Å². The van der Waals surface area contributed by atoms with Crippen LogP contribution in [0.4, 0.5) is 5.95 Å². The summed E-state index contributed by atoms with van der Waals surface area (Å²) in [5, 5.41) is 11.8. The average molecular weight is 299 g/mol. The highest BCUT2D eigenvalue weighted by Gasteiger charge is 2.13. The second kappa shape index (κ2) is 6.09. The fourth-order valence-electron chi connectivity index (χ4n) is 1.86. The van der Waals surface area contributed by atoms with Gasteiger partial charge in [-0.3, -0.25) is 9.78 Å². The molecule has 0 bridgehead atoms. The van der Waals surface area contributed by atoms with E-state index >= 15 is 0 Å². The van der Waals surface area contributed by atoms with Crippen LogP contribution >= 0.6 is 0 Å². The van der Waals surface area contributed by atoms with Crippen LogP contribution in [-0.2, 0) is 5.41 Å². The summed E-state index contributed by atoms with van der Waals surface area (Å²) in [5.74, 6) is 0.223. The highest BCUT2D eigenvalue weighted by Crippen LogP contribution is 2.22. The minimum atomic E-state index is -0.278. The van der Waals surface area contributed by atoms with Gasteiger partial charge in [0.1, 0.15) is 5.69 Å². The zero-order valence-corrected chi connectivity index (χ0v) is 13.6. The van der Waals surface area contributed by atoms with E-state index in [-0.39, 0.29) is 16.9 Å². The molecule has 0 unspecified atom stereocenters. The van der Waals surface area contributed by atoms with Crippen molar-refractivity contribution >= 4 is 11.7 Å². The van der Waals surface area contributed by atoms with Crippen LogP contribution in [0.3, 0.4) is 0 Å². The largest absolute Gasteiger partial charge is 0.288 e. The molecule has 0 aliphatic carbocycles. The molecule has 0 fully saturated rings. The molecule has 1 heterocycles. The van der Waals surface area contributed by atoms with Crippen molar-refractivity contribution in [3.8, 4) is 0 Å². The van der Waals surface area contributed by atoms with Crippen molar-refractivity contribution in [3.63, 3.8) is 0 Å². The van der Waals surface area contributed by atoms with Crippen LogP contribution in [0, 0.1) is 6.92 Å². The molecule has 6 nitrogen and oxygen atoms in total. The predicted octanol–water partition coefficient (Wildman–Crippen LogP) is 2.61. The molecular formula is C16H21N5O. The van der Waals surface area contributed by atoms with Gasteiger partial charge in [0.05, 0.1) is 5.71 Å². The number of H-pyrrole nitrogens is 1. The molecule has 6 heteroatoms. The summed E-state index contributed by atoms with van der Waals surface area (Å²) < 4.78 is 0. The van der Waals surface area contributed by atoms with Crippen molar-refractivity contribution in [2.24, 2.45) is 5.10 Å². The van der Waals surface area contributed by atoms with Gasteiger partial charge in [-0.15, -0.1) is 10.2 Å². The normalized spacial score (nSPS) is 12.3. The Morgan fingerprint density at radius 1 is 1.18 bits per heavy atom. The number of rotatable bonds is 3. The number of nitrogens with one attached hydrogen (secondary N) is 2. The Morgan fingerprint density at radius 3 is 2.36 bits per heavy atom. The maximum atomic E-state index is 11.4. The van der Waals surface area contributed by atoms with E-state index in [2.05, 4.69) is 58.6 Å².